The van der Waals surface area contributed by atoms with Gasteiger partial charge in [0.15, 0.2) is 0 Å². The molecule has 0 spiro atoms. The molecule has 1 aromatic carbocycles. The Hall–Kier alpha value is -1.53. The third-order valence-corrected chi connectivity index (χ3v) is 3.71. The lowest BCUT2D eigenvalue weighted by Crippen LogP contribution is -2.35. The number of methoxy groups -OCH3 is 1. The number of amides is 1. The maximum Gasteiger partial charge on any atom is 0.323 e. The van der Waals surface area contributed by atoms with E-state index in [-0.39, 0.29) is 11.2 Å². The summed E-state index contributed by atoms with van der Waals surface area (Å²) in [6, 6.07) is 8.50. The lowest BCUT2D eigenvalue weighted by atomic mass is 10.3. The van der Waals surface area contributed by atoms with Gasteiger partial charge in [-0.3, -0.25) is 9.59 Å². The van der Waals surface area contributed by atoms with Crippen LogP contribution in [0.1, 0.15) is 6.92 Å². The molecule has 0 bridgehead atoms. The van der Waals surface area contributed by atoms with Crippen LogP contribution in [-0.4, -0.2) is 36.0 Å². The maximum atomic E-state index is 11.9. The average Bonchev–Trinajstić information content (AvgIpc) is 2.44. The van der Waals surface area contributed by atoms with E-state index in [0.717, 1.165) is 5.69 Å². The third-order valence-electron chi connectivity index (χ3n) is 2.44. The Labute approximate surface area is 116 Å². The van der Waals surface area contributed by atoms with Crippen molar-refractivity contribution in [3.8, 4) is 0 Å². The summed E-state index contributed by atoms with van der Waals surface area (Å²) in [4.78, 5) is 23.0. The van der Waals surface area contributed by atoms with Gasteiger partial charge in [0.1, 0.15) is 6.04 Å². The minimum Gasteiger partial charge on any atom is -0.468 e. The number of nitrogens with two attached hydrogens (primary N) is 1. The number of esters is 1. The van der Waals surface area contributed by atoms with Crippen molar-refractivity contribution in [2.24, 2.45) is 5.73 Å². The summed E-state index contributed by atoms with van der Waals surface area (Å²) in [5.74, 6) is -0.243. The number of rotatable bonds is 6. The van der Waals surface area contributed by atoms with E-state index in [1.807, 2.05) is 30.3 Å². The molecule has 1 amide bonds. The van der Waals surface area contributed by atoms with E-state index in [4.69, 9.17) is 5.73 Å². The number of benzene rings is 1. The number of hydrogen-bond donors (Lipinski definition) is 2. The average molecular weight is 282 g/mol. The van der Waals surface area contributed by atoms with Crippen molar-refractivity contribution < 1.29 is 14.3 Å². The molecule has 1 aromatic rings. The molecule has 0 aliphatic rings. The van der Waals surface area contributed by atoms with Gasteiger partial charge >= 0.3 is 5.97 Å². The summed E-state index contributed by atoms with van der Waals surface area (Å²) in [6.45, 7) is 1.77. The number of ether oxygens (including phenoxy) is 1. The predicted octanol–water partition coefficient (Wildman–Crippen LogP) is 1.25. The zero-order valence-corrected chi connectivity index (χ0v) is 11.8. The van der Waals surface area contributed by atoms with E-state index in [1.54, 1.807) is 6.92 Å². The number of hydrogen-bond acceptors (Lipinski definition) is 5. The zero-order chi connectivity index (χ0) is 14.3. The zero-order valence-electron chi connectivity index (χ0n) is 11.0. The first-order valence-electron chi connectivity index (χ1n) is 5.85. The van der Waals surface area contributed by atoms with Gasteiger partial charge in [-0.25, -0.2) is 0 Å². The Kier molecular flexibility index (Phi) is 6.38. The second-order valence-electron chi connectivity index (χ2n) is 3.96. The molecular weight excluding hydrogens is 264 g/mol. The van der Waals surface area contributed by atoms with E-state index in [2.05, 4.69) is 10.1 Å². The Morgan fingerprint density at radius 2 is 2.00 bits per heavy atom. The van der Waals surface area contributed by atoms with Crippen LogP contribution in [0.5, 0.6) is 0 Å². The number of carbonyl (C=O) groups is 2. The van der Waals surface area contributed by atoms with Gasteiger partial charge in [0.05, 0.1) is 12.4 Å². The van der Waals surface area contributed by atoms with Crippen LogP contribution in [0.25, 0.3) is 0 Å². The summed E-state index contributed by atoms with van der Waals surface area (Å²) in [5, 5.41) is 2.50. The molecule has 0 aromatic heterocycles. The second kappa shape index (κ2) is 7.81. The van der Waals surface area contributed by atoms with Crippen LogP contribution in [0, 0.1) is 0 Å². The highest BCUT2D eigenvalue weighted by molar-refractivity contribution is 8.00. The molecular formula is C13H18N2O3S. The van der Waals surface area contributed by atoms with Gasteiger partial charge < -0.3 is 15.8 Å². The largest absolute Gasteiger partial charge is 0.468 e. The molecule has 0 saturated heterocycles. The van der Waals surface area contributed by atoms with Gasteiger partial charge in [-0.1, -0.05) is 18.2 Å². The van der Waals surface area contributed by atoms with E-state index in [0.29, 0.717) is 5.75 Å². The molecule has 19 heavy (non-hydrogen) atoms. The van der Waals surface area contributed by atoms with Gasteiger partial charge in [-0.2, -0.15) is 0 Å². The van der Waals surface area contributed by atoms with Crippen LogP contribution in [0.3, 0.4) is 0 Å². The number of thioether (sulfide) groups is 1. The Balaban J connectivity index is 2.39. The lowest BCUT2D eigenvalue weighted by molar-refractivity contribution is -0.141. The van der Waals surface area contributed by atoms with Crippen molar-refractivity contribution in [2.75, 3.05) is 18.2 Å². The van der Waals surface area contributed by atoms with Gasteiger partial charge in [0.25, 0.3) is 0 Å². The van der Waals surface area contributed by atoms with Crippen LogP contribution in [0.15, 0.2) is 30.3 Å². The summed E-state index contributed by atoms with van der Waals surface area (Å²) in [7, 11) is 1.29. The molecule has 0 aliphatic heterocycles. The normalized spacial score (nSPS) is 13.4. The lowest BCUT2D eigenvalue weighted by Gasteiger charge is -2.14. The monoisotopic (exact) mass is 282 g/mol. The molecule has 6 heteroatoms. The first kappa shape index (κ1) is 15.5. The smallest absolute Gasteiger partial charge is 0.323 e. The molecule has 104 valence electrons. The fourth-order valence-corrected chi connectivity index (χ4v) is 2.15. The third kappa shape index (κ3) is 5.32. The summed E-state index contributed by atoms with van der Waals surface area (Å²) in [6.07, 6.45) is 0. The molecule has 0 aliphatic carbocycles. The van der Waals surface area contributed by atoms with Gasteiger partial charge in [0, 0.05) is 11.4 Å². The minimum atomic E-state index is -0.707. The SMILES string of the molecule is COC(=O)C(N)CSC(C)C(=O)Nc1ccccc1. The van der Waals surface area contributed by atoms with Crippen LogP contribution >= 0.6 is 11.8 Å². The van der Waals surface area contributed by atoms with E-state index in [1.165, 1.54) is 18.9 Å². The van der Waals surface area contributed by atoms with Crippen LogP contribution in [0.2, 0.25) is 0 Å². The highest BCUT2D eigenvalue weighted by Gasteiger charge is 2.19. The van der Waals surface area contributed by atoms with Crippen molar-refractivity contribution in [3.63, 3.8) is 0 Å². The maximum absolute atomic E-state index is 11.9. The molecule has 0 saturated carbocycles. The highest BCUT2D eigenvalue weighted by atomic mass is 32.2. The summed E-state index contributed by atoms with van der Waals surface area (Å²) >= 11 is 1.32. The van der Waals surface area contributed by atoms with Crippen LogP contribution < -0.4 is 11.1 Å². The molecule has 0 radical (unpaired) electrons. The number of carbonyl (C=O) groups excluding carboxylic acids is 2. The van der Waals surface area contributed by atoms with Crippen molar-refractivity contribution in [3.05, 3.63) is 30.3 Å². The second-order valence-corrected chi connectivity index (χ2v) is 5.33. The fraction of sp³-hybridized carbons (Fsp3) is 0.385. The van der Waals surface area contributed by atoms with E-state index in [9.17, 15) is 9.59 Å². The topological polar surface area (TPSA) is 81.4 Å². The van der Waals surface area contributed by atoms with Crippen molar-refractivity contribution in [1.82, 2.24) is 0 Å². The van der Waals surface area contributed by atoms with E-state index < -0.39 is 12.0 Å². The highest BCUT2D eigenvalue weighted by Crippen LogP contribution is 2.14. The standard InChI is InChI=1S/C13H18N2O3S/c1-9(19-8-11(14)13(17)18-2)12(16)15-10-6-4-3-5-7-10/h3-7,9,11H,8,14H2,1-2H3,(H,15,16). The molecule has 2 atom stereocenters. The van der Waals surface area contributed by atoms with Gasteiger partial charge in [-0.15, -0.1) is 11.8 Å². The Morgan fingerprint density at radius 1 is 1.37 bits per heavy atom. The number of para-hydroxylation sites is 1. The predicted molar refractivity (Wildman–Crippen MR) is 77.0 cm³/mol. The quantitative estimate of drug-likeness (QED) is 0.767. The Bertz CT molecular complexity index is 425. The molecule has 0 heterocycles. The van der Waals surface area contributed by atoms with Gasteiger partial charge in [-0.05, 0) is 19.1 Å². The van der Waals surface area contributed by atoms with Crippen LogP contribution in [0.4, 0.5) is 5.69 Å². The summed E-state index contributed by atoms with van der Waals surface area (Å²) in [5.41, 5.74) is 6.35. The molecule has 1 rings (SSSR count). The minimum absolute atomic E-state index is 0.117. The fourth-order valence-electron chi connectivity index (χ4n) is 1.31. The van der Waals surface area contributed by atoms with Crippen molar-refractivity contribution in [1.29, 1.82) is 0 Å². The van der Waals surface area contributed by atoms with Crippen molar-refractivity contribution in [2.45, 2.75) is 18.2 Å². The first-order valence-corrected chi connectivity index (χ1v) is 6.90. The molecule has 3 N–H and O–H groups in total. The number of anilines is 1. The summed E-state index contributed by atoms with van der Waals surface area (Å²) < 4.78 is 4.52. The number of nitrogens with one attached hydrogen (secondary N) is 1. The molecule has 0 fully saturated rings. The van der Waals surface area contributed by atoms with Crippen LogP contribution in [-0.2, 0) is 14.3 Å². The first-order chi connectivity index (χ1) is 9.04. The van der Waals surface area contributed by atoms with Gasteiger partial charge in [0.2, 0.25) is 5.91 Å². The molecule has 2 unspecified atom stereocenters. The van der Waals surface area contributed by atoms with Crippen molar-refractivity contribution >= 4 is 29.3 Å². The van der Waals surface area contributed by atoms with E-state index >= 15 is 0 Å². The molecule has 5 nitrogen and oxygen atoms in total. The Morgan fingerprint density at radius 3 is 2.58 bits per heavy atom.